The maximum Gasteiger partial charge on any atom is 0.294 e. The van der Waals surface area contributed by atoms with Gasteiger partial charge in [-0.25, -0.2) is 5.06 Å². The van der Waals surface area contributed by atoms with Crippen molar-refractivity contribution in [3.05, 3.63) is 95.0 Å². The highest BCUT2D eigenvalue weighted by Gasteiger charge is 2.38. The molecule has 0 radical (unpaired) electrons. The van der Waals surface area contributed by atoms with Crippen molar-refractivity contribution < 1.29 is 25.7 Å². The predicted octanol–water partition coefficient (Wildman–Crippen LogP) is 4.40. The minimum atomic E-state index is -4.02. The van der Waals surface area contributed by atoms with Gasteiger partial charge in [-0.1, -0.05) is 59.6 Å². The van der Waals surface area contributed by atoms with Crippen molar-refractivity contribution in [1.82, 2.24) is 0 Å². The lowest BCUT2D eigenvalue weighted by Gasteiger charge is -2.22. The van der Waals surface area contributed by atoms with Crippen LogP contribution in [-0.2, 0) is 24.5 Å². The first-order valence-electron chi connectivity index (χ1n) is 9.11. The summed E-state index contributed by atoms with van der Waals surface area (Å²) in [7, 11) is -7.58. The lowest BCUT2D eigenvalue weighted by molar-refractivity contribution is 0.293. The first-order chi connectivity index (χ1) is 14.5. The molecular weight excluding hydrogens is 462 g/mol. The zero-order valence-corrected chi connectivity index (χ0v) is 18.8. The second kappa shape index (κ2) is 9.37. The van der Waals surface area contributed by atoms with Crippen LogP contribution in [0.1, 0.15) is 17.2 Å². The van der Waals surface area contributed by atoms with E-state index in [1.807, 2.05) is 49.4 Å². The third-order valence-electron chi connectivity index (χ3n) is 4.42. The van der Waals surface area contributed by atoms with Crippen LogP contribution in [0, 0.1) is 6.92 Å². The molecule has 0 aliphatic carbocycles. The van der Waals surface area contributed by atoms with Crippen LogP contribution in [0.4, 0.5) is 5.69 Å². The van der Waals surface area contributed by atoms with Gasteiger partial charge in [0.25, 0.3) is 20.2 Å². The number of nitrogens with zero attached hydrogens (tertiary/aromatic N) is 1. The molecule has 1 N–H and O–H groups in total. The van der Waals surface area contributed by atoms with Gasteiger partial charge in [0, 0.05) is 5.02 Å². The minimum Gasteiger partial charge on any atom is -0.282 e. The summed E-state index contributed by atoms with van der Waals surface area (Å²) in [5, 5.41) is 2.04. The highest BCUT2D eigenvalue weighted by atomic mass is 35.5. The average molecular weight is 482 g/mol. The molecule has 1 heterocycles. The van der Waals surface area contributed by atoms with Crippen molar-refractivity contribution in [2.24, 2.45) is 0 Å². The van der Waals surface area contributed by atoms with E-state index in [1.54, 1.807) is 24.3 Å². The largest absolute Gasteiger partial charge is 0.294 e. The summed E-state index contributed by atoms with van der Waals surface area (Å²) in [5.41, 5.74) is 2.50. The van der Waals surface area contributed by atoms with E-state index in [2.05, 4.69) is 0 Å². The van der Waals surface area contributed by atoms with Gasteiger partial charge in [0.2, 0.25) is 0 Å². The quantitative estimate of drug-likeness (QED) is 0.553. The number of anilines is 1. The second-order valence-corrected chi connectivity index (χ2v) is 10.3. The van der Waals surface area contributed by atoms with E-state index in [0.717, 1.165) is 11.1 Å². The molecule has 0 saturated carbocycles. The number of hydrogen-bond donors (Lipinski definition) is 1. The average Bonchev–Trinajstić information content (AvgIpc) is 3.05. The Morgan fingerprint density at radius 2 is 1.55 bits per heavy atom. The van der Waals surface area contributed by atoms with Gasteiger partial charge in [-0.15, -0.1) is 4.28 Å². The molecule has 1 unspecified atom stereocenters. The second-order valence-electron chi connectivity index (χ2n) is 6.82. The molecule has 1 atom stereocenters. The summed E-state index contributed by atoms with van der Waals surface area (Å²) >= 11 is 5.86. The first kappa shape index (κ1) is 23.2. The number of para-hydroxylation sites is 1. The highest BCUT2D eigenvalue weighted by molar-refractivity contribution is 7.87. The van der Waals surface area contributed by atoms with Crippen molar-refractivity contribution in [2.45, 2.75) is 17.9 Å². The van der Waals surface area contributed by atoms with Crippen molar-refractivity contribution in [3.63, 3.8) is 0 Å². The highest BCUT2D eigenvalue weighted by Crippen LogP contribution is 2.35. The van der Waals surface area contributed by atoms with E-state index in [9.17, 15) is 16.8 Å². The van der Waals surface area contributed by atoms with Crippen molar-refractivity contribution >= 4 is 37.5 Å². The van der Waals surface area contributed by atoms with Gasteiger partial charge in [0.1, 0.15) is 5.75 Å². The van der Waals surface area contributed by atoms with E-state index in [-0.39, 0.29) is 16.7 Å². The van der Waals surface area contributed by atoms with E-state index in [1.165, 1.54) is 17.2 Å². The molecule has 7 nitrogen and oxygen atoms in total. The molecule has 0 spiro atoms. The van der Waals surface area contributed by atoms with Crippen molar-refractivity contribution in [3.8, 4) is 0 Å². The fourth-order valence-corrected chi connectivity index (χ4v) is 4.71. The molecule has 1 fully saturated rings. The van der Waals surface area contributed by atoms with Crippen LogP contribution >= 0.6 is 11.6 Å². The molecule has 164 valence electrons. The molecule has 0 aromatic heterocycles. The zero-order chi connectivity index (χ0) is 22.6. The number of benzene rings is 3. The van der Waals surface area contributed by atoms with E-state index in [4.69, 9.17) is 20.4 Å². The summed E-state index contributed by atoms with van der Waals surface area (Å²) in [6, 6.07) is 21.9. The molecule has 3 aromatic carbocycles. The normalized spacial score (nSPS) is 17.6. The summed E-state index contributed by atoms with van der Waals surface area (Å²) < 4.78 is 58.2. The number of hydrogen-bond acceptors (Lipinski definition) is 6. The summed E-state index contributed by atoms with van der Waals surface area (Å²) in [6.07, 6.45) is 0. The molecular formula is C21H20ClNO6S2. The number of hydroxylamine groups is 1. The predicted molar refractivity (Wildman–Crippen MR) is 119 cm³/mol. The Morgan fingerprint density at radius 3 is 2.10 bits per heavy atom. The smallest absolute Gasteiger partial charge is 0.282 e. The molecule has 0 bridgehead atoms. The standard InChI is InChI=1S/C14H12ClNO3S.C7H8O3S/c15-12-8-6-11(7-9-12)14-10-20(17,18)19-16(14)13-4-2-1-3-5-13;1-6-2-4-7(5-3-6)11(8,9)10/h1-9,14H,10H2;2-5H,1H3,(H,8,9,10). The van der Waals surface area contributed by atoms with Gasteiger partial charge in [-0.2, -0.15) is 16.8 Å². The van der Waals surface area contributed by atoms with Crippen molar-refractivity contribution in [2.75, 3.05) is 10.8 Å². The minimum absolute atomic E-state index is 0.0666. The molecule has 1 saturated heterocycles. The lowest BCUT2D eigenvalue weighted by Crippen LogP contribution is -2.22. The lowest BCUT2D eigenvalue weighted by atomic mass is 10.1. The third kappa shape index (κ3) is 6.28. The molecule has 1 aliphatic rings. The zero-order valence-electron chi connectivity index (χ0n) is 16.4. The summed E-state index contributed by atoms with van der Waals surface area (Å²) in [5.74, 6) is -0.0798. The van der Waals surface area contributed by atoms with Gasteiger partial charge in [0.05, 0.1) is 16.6 Å². The number of halogens is 1. The van der Waals surface area contributed by atoms with Crippen LogP contribution < -0.4 is 5.06 Å². The molecule has 1 aliphatic heterocycles. The van der Waals surface area contributed by atoms with Gasteiger partial charge in [0.15, 0.2) is 0 Å². The fraction of sp³-hybridized carbons (Fsp3) is 0.143. The molecule has 3 aromatic rings. The van der Waals surface area contributed by atoms with Gasteiger partial charge in [-0.05, 0) is 48.9 Å². The van der Waals surface area contributed by atoms with E-state index in [0.29, 0.717) is 10.7 Å². The third-order valence-corrected chi connectivity index (χ3v) is 6.65. The fourth-order valence-electron chi connectivity index (χ4n) is 2.89. The SMILES string of the molecule is Cc1ccc(S(=O)(=O)O)cc1.O=S1(=O)CC(c2ccc(Cl)cc2)N(c2ccccc2)O1. The maximum absolute atomic E-state index is 11.8. The molecule has 0 amide bonds. The molecule has 4 rings (SSSR count). The van der Waals surface area contributed by atoms with Crippen LogP contribution in [0.3, 0.4) is 0 Å². The van der Waals surface area contributed by atoms with E-state index < -0.39 is 20.2 Å². The van der Waals surface area contributed by atoms with Gasteiger partial charge in [-0.3, -0.25) is 4.55 Å². The van der Waals surface area contributed by atoms with Crippen LogP contribution in [0.5, 0.6) is 0 Å². The Morgan fingerprint density at radius 1 is 0.968 bits per heavy atom. The van der Waals surface area contributed by atoms with Crippen molar-refractivity contribution in [1.29, 1.82) is 0 Å². The Labute approximate surface area is 186 Å². The van der Waals surface area contributed by atoms with Crippen LogP contribution in [0.25, 0.3) is 0 Å². The summed E-state index contributed by atoms with van der Waals surface area (Å²) in [6.45, 7) is 1.84. The topological polar surface area (TPSA) is 101 Å². The molecule has 31 heavy (non-hydrogen) atoms. The molecule has 10 heteroatoms. The Bertz CT molecular complexity index is 1230. The van der Waals surface area contributed by atoms with E-state index >= 15 is 0 Å². The van der Waals surface area contributed by atoms with Crippen LogP contribution in [0.15, 0.2) is 83.8 Å². The Hall–Kier alpha value is -2.43. The maximum atomic E-state index is 11.8. The van der Waals surface area contributed by atoms with Crippen LogP contribution in [0.2, 0.25) is 5.02 Å². The van der Waals surface area contributed by atoms with Gasteiger partial charge < -0.3 is 0 Å². The van der Waals surface area contributed by atoms with Crippen LogP contribution in [-0.4, -0.2) is 27.1 Å². The summed E-state index contributed by atoms with van der Waals surface area (Å²) in [4.78, 5) is -0.0666. The van der Waals surface area contributed by atoms with Gasteiger partial charge >= 0.3 is 0 Å². The Balaban J connectivity index is 0.000000210. The Kier molecular flexibility index (Phi) is 7.03. The monoisotopic (exact) mass is 481 g/mol. The number of aryl methyl sites for hydroxylation is 1. The first-order valence-corrected chi connectivity index (χ1v) is 12.5. The number of rotatable bonds is 3.